The van der Waals surface area contributed by atoms with Gasteiger partial charge < -0.3 is 14.2 Å². The molecule has 3 aromatic rings. The van der Waals surface area contributed by atoms with E-state index in [4.69, 9.17) is 14.2 Å². The third-order valence-corrected chi connectivity index (χ3v) is 4.25. The summed E-state index contributed by atoms with van der Waals surface area (Å²) in [5, 5.41) is 2.03. The monoisotopic (exact) mass is 362 g/mol. The molecule has 0 amide bonds. The van der Waals surface area contributed by atoms with Crippen molar-refractivity contribution < 1.29 is 19.0 Å². The molecule has 4 nitrogen and oxygen atoms in total. The number of ketones is 1. The molecule has 0 saturated heterocycles. The predicted octanol–water partition coefficient (Wildman–Crippen LogP) is 5.15. The van der Waals surface area contributed by atoms with Crippen molar-refractivity contribution in [1.29, 1.82) is 0 Å². The van der Waals surface area contributed by atoms with Crippen LogP contribution in [0.4, 0.5) is 0 Å². The Kier molecular flexibility index (Phi) is 5.77. The van der Waals surface area contributed by atoms with Gasteiger partial charge in [0.05, 0.1) is 20.8 Å². The first-order valence-corrected chi connectivity index (χ1v) is 8.75. The second kappa shape index (κ2) is 8.41. The van der Waals surface area contributed by atoms with Crippen LogP contribution >= 0.6 is 0 Å². The van der Waals surface area contributed by atoms with Gasteiger partial charge in [-0.05, 0) is 59.7 Å². The van der Waals surface area contributed by atoms with Crippen LogP contribution in [0, 0.1) is 0 Å². The van der Waals surface area contributed by atoms with E-state index in [0.29, 0.717) is 23.7 Å². The van der Waals surface area contributed by atoms with Crippen molar-refractivity contribution in [2.45, 2.75) is 6.92 Å². The van der Waals surface area contributed by atoms with E-state index in [2.05, 4.69) is 0 Å². The average Bonchev–Trinajstić information content (AvgIpc) is 2.71. The van der Waals surface area contributed by atoms with E-state index in [1.54, 1.807) is 26.4 Å². The second-order valence-corrected chi connectivity index (χ2v) is 5.97. The van der Waals surface area contributed by atoms with Gasteiger partial charge in [-0.1, -0.05) is 30.3 Å². The number of benzene rings is 3. The highest BCUT2D eigenvalue weighted by Gasteiger charge is 2.06. The van der Waals surface area contributed by atoms with Gasteiger partial charge in [0, 0.05) is 5.56 Å². The summed E-state index contributed by atoms with van der Waals surface area (Å²) in [6.07, 6.45) is 3.35. The minimum Gasteiger partial charge on any atom is -0.497 e. The summed E-state index contributed by atoms with van der Waals surface area (Å²) in [7, 11) is 3.24. The molecule has 0 aliphatic carbocycles. The van der Waals surface area contributed by atoms with E-state index in [1.807, 2.05) is 61.5 Å². The smallest absolute Gasteiger partial charge is 0.185 e. The molecule has 4 heteroatoms. The highest BCUT2D eigenvalue weighted by molar-refractivity contribution is 6.08. The van der Waals surface area contributed by atoms with Gasteiger partial charge in [0.2, 0.25) is 0 Å². The molecule has 0 N–H and O–H groups in total. The molecule has 27 heavy (non-hydrogen) atoms. The largest absolute Gasteiger partial charge is 0.497 e. The second-order valence-electron chi connectivity index (χ2n) is 5.97. The zero-order valence-corrected chi connectivity index (χ0v) is 15.7. The first-order chi connectivity index (χ1) is 13.1. The molecule has 0 saturated carbocycles. The molecule has 0 atom stereocenters. The van der Waals surface area contributed by atoms with Crippen LogP contribution in [0.1, 0.15) is 22.8 Å². The minimum atomic E-state index is -0.0542. The molecular formula is C23H22O4. The van der Waals surface area contributed by atoms with Gasteiger partial charge in [-0.25, -0.2) is 0 Å². The van der Waals surface area contributed by atoms with Crippen molar-refractivity contribution in [3.05, 3.63) is 71.8 Å². The maximum absolute atomic E-state index is 12.6. The van der Waals surface area contributed by atoms with Gasteiger partial charge in [-0.2, -0.15) is 0 Å². The summed E-state index contributed by atoms with van der Waals surface area (Å²) < 4.78 is 16.1. The Labute approximate surface area is 159 Å². The van der Waals surface area contributed by atoms with E-state index in [1.165, 1.54) is 0 Å². The summed E-state index contributed by atoms with van der Waals surface area (Å²) in [6.45, 7) is 2.46. The number of carbonyl (C=O) groups is 1. The van der Waals surface area contributed by atoms with Crippen molar-refractivity contribution in [3.63, 3.8) is 0 Å². The third-order valence-electron chi connectivity index (χ3n) is 4.25. The molecule has 0 bridgehead atoms. The average molecular weight is 362 g/mol. The standard InChI is InChI=1S/C23H22O4/c1-4-27-23-13-16(6-12-22(23)26-3)5-11-21(24)19-8-7-18-15-20(25-2)10-9-17(18)14-19/h5-15H,4H2,1-3H3. The Bertz CT molecular complexity index is 989. The molecule has 0 aliphatic rings. The minimum absolute atomic E-state index is 0.0542. The summed E-state index contributed by atoms with van der Waals surface area (Å²) in [4.78, 5) is 12.6. The SMILES string of the molecule is CCOc1cc(C=CC(=O)c2ccc3cc(OC)ccc3c2)ccc1OC. The molecule has 0 radical (unpaired) electrons. The number of hydrogen-bond donors (Lipinski definition) is 0. The number of rotatable bonds is 7. The molecule has 138 valence electrons. The van der Waals surface area contributed by atoms with Crippen LogP contribution in [-0.4, -0.2) is 26.6 Å². The topological polar surface area (TPSA) is 44.8 Å². The summed E-state index contributed by atoms with van der Waals surface area (Å²) in [5.41, 5.74) is 1.51. The van der Waals surface area contributed by atoms with Crippen molar-refractivity contribution in [2.24, 2.45) is 0 Å². The molecule has 0 aliphatic heterocycles. The fourth-order valence-electron chi connectivity index (χ4n) is 2.84. The Morgan fingerprint density at radius 3 is 2.41 bits per heavy atom. The summed E-state index contributed by atoms with van der Waals surface area (Å²) in [6, 6.07) is 17.0. The zero-order chi connectivity index (χ0) is 19.2. The highest BCUT2D eigenvalue weighted by Crippen LogP contribution is 2.28. The van der Waals surface area contributed by atoms with E-state index < -0.39 is 0 Å². The van der Waals surface area contributed by atoms with Crippen LogP contribution < -0.4 is 14.2 Å². The van der Waals surface area contributed by atoms with E-state index in [-0.39, 0.29) is 5.78 Å². The lowest BCUT2D eigenvalue weighted by molar-refractivity contribution is 0.104. The maximum atomic E-state index is 12.6. The molecule has 0 fully saturated rings. The van der Waals surface area contributed by atoms with Crippen molar-refractivity contribution >= 4 is 22.6 Å². The lowest BCUT2D eigenvalue weighted by atomic mass is 10.0. The number of carbonyl (C=O) groups excluding carboxylic acids is 1. The lowest BCUT2D eigenvalue weighted by Gasteiger charge is -2.09. The summed E-state index contributed by atoms with van der Waals surface area (Å²) >= 11 is 0. The highest BCUT2D eigenvalue weighted by atomic mass is 16.5. The first-order valence-electron chi connectivity index (χ1n) is 8.75. The van der Waals surface area contributed by atoms with Gasteiger partial charge in [0.1, 0.15) is 5.75 Å². The Morgan fingerprint density at radius 2 is 1.67 bits per heavy atom. The molecule has 0 unspecified atom stereocenters. The third kappa shape index (κ3) is 4.29. The number of ether oxygens (including phenoxy) is 3. The van der Waals surface area contributed by atoms with Crippen molar-refractivity contribution in [3.8, 4) is 17.2 Å². The predicted molar refractivity (Wildman–Crippen MR) is 108 cm³/mol. The molecule has 0 spiro atoms. The Morgan fingerprint density at radius 1 is 0.889 bits per heavy atom. The number of methoxy groups -OCH3 is 2. The lowest BCUT2D eigenvalue weighted by Crippen LogP contribution is -1.96. The number of hydrogen-bond acceptors (Lipinski definition) is 4. The summed E-state index contributed by atoms with van der Waals surface area (Å²) in [5.74, 6) is 2.08. The number of allylic oxidation sites excluding steroid dienone is 1. The van der Waals surface area contributed by atoms with E-state index in [9.17, 15) is 4.79 Å². The van der Waals surface area contributed by atoms with Gasteiger partial charge in [0.15, 0.2) is 17.3 Å². The van der Waals surface area contributed by atoms with Crippen LogP contribution in [0.25, 0.3) is 16.8 Å². The molecule has 0 aromatic heterocycles. The van der Waals surface area contributed by atoms with Gasteiger partial charge in [-0.3, -0.25) is 4.79 Å². The quantitative estimate of drug-likeness (QED) is 0.431. The Balaban J connectivity index is 1.82. The van der Waals surface area contributed by atoms with Crippen LogP contribution in [-0.2, 0) is 0 Å². The maximum Gasteiger partial charge on any atom is 0.185 e. The number of fused-ring (bicyclic) bond motifs is 1. The zero-order valence-electron chi connectivity index (χ0n) is 15.7. The fraction of sp³-hybridized carbons (Fsp3) is 0.174. The van der Waals surface area contributed by atoms with Gasteiger partial charge in [-0.15, -0.1) is 0 Å². The van der Waals surface area contributed by atoms with E-state index >= 15 is 0 Å². The van der Waals surface area contributed by atoms with Gasteiger partial charge >= 0.3 is 0 Å². The Hall–Kier alpha value is -3.27. The van der Waals surface area contributed by atoms with Gasteiger partial charge in [0.25, 0.3) is 0 Å². The normalized spacial score (nSPS) is 10.9. The van der Waals surface area contributed by atoms with Crippen LogP contribution in [0.3, 0.4) is 0 Å². The fourth-order valence-corrected chi connectivity index (χ4v) is 2.84. The molecule has 0 heterocycles. The van der Waals surface area contributed by atoms with Crippen molar-refractivity contribution in [2.75, 3.05) is 20.8 Å². The van der Waals surface area contributed by atoms with Crippen molar-refractivity contribution in [1.82, 2.24) is 0 Å². The van der Waals surface area contributed by atoms with Crippen LogP contribution in [0.15, 0.2) is 60.7 Å². The molecular weight excluding hydrogens is 340 g/mol. The van der Waals surface area contributed by atoms with Crippen LogP contribution in [0.2, 0.25) is 0 Å². The molecule has 3 rings (SSSR count). The van der Waals surface area contributed by atoms with E-state index in [0.717, 1.165) is 22.1 Å². The first kappa shape index (κ1) is 18.5. The van der Waals surface area contributed by atoms with Crippen LogP contribution in [0.5, 0.6) is 17.2 Å². The molecule has 3 aromatic carbocycles.